The van der Waals surface area contributed by atoms with Crippen molar-refractivity contribution in [1.29, 1.82) is 0 Å². The second-order valence-electron chi connectivity index (χ2n) is 9.94. The van der Waals surface area contributed by atoms with E-state index in [1.807, 2.05) is 49.6 Å². The van der Waals surface area contributed by atoms with Crippen molar-refractivity contribution in [2.75, 3.05) is 25.1 Å². The number of benzene rings is 3. The number of amides is 1. The fourth-order valence-electron chi connectivity index (χ4n) is 4.62. The van der Waals surface area contributed by atoms with Gasteiger partial charge in [0.2, 0.25) is 0 Å². The quantitative estimate of drug-likeness (QED) is 0.283. The van der Waals surface area contributed by atoms with Crippen LogP contribution in [0.15, 0.2) is 60.7 Å². The van der Waals surface area contributed by atoms with Gasteiger partial charge < -0.3 is 15.2 Å². The number of thioether (sulfide) groups is 1. The minimum Gasteiger partial charge on any atom is -0.548 e. The van der Waals surface area contributed by atoms with E-state index in [-0.39, 0.29) is 25.3 Å². The van der Waals surface area contributed by atoms with Crippen LogP contribution in [0.25, 0.3) is 11.1 Å². The summed E-state index contributed by atoms with van der Waals surface area (Å²) in [6, 6.07) is 15.9. The predicted molar refractivity (Wildman–Crippen MR) is 156 cm³/mol. The third kappa shape index (κ3) is 10.3. The van der Waals surface area contributed by atoms with Gasteiger partial charge in [0.05, 0.1) is 12.0 Å². The Morgan fingerprint density at radius 3 is 2.44 bits per heavy atom. The maximum absolute atomic E-state index is 14.2. The first-order valence-corrected chi connectivity index (χ1v) is 15.0. The van der Waals surface area contributed by atoms with Crippen LogP contribution in [0.5, 0.6) is 0 Å². The van der Waals surface area contributed by atoms with Crippen LogP contribution in [0, 0.1) is 18.6 Å². The largest absolute Gasteiger partial charge is 1.00 e. The number of hydrogen-bond acceptors (Lipinski definition) is 5. The van der Waals surface area contributed by atoms with E-state index in [1.54, 1.807) is 6.07 Å². The normalized spacial score (nSPS) is 11.7. The standard InChI is InChI=1S/C32H38F2N2O3S.Li/c1-4-5-16-36(17-14-24-11-12-25(33)20-29(24)34)21-23-10-13-27(28(19-23)26-9-7-6-8-22(26)2)31(37)35-30(32(38)39)15-18-40-3;/h6-13,19-20,30H,4-5,14-18,21H2,1-3H3,(H,35,37)(H,38,39);/q;+1/p-1. The smallest absolute Gasteiger partial charge is 0.548 e. The van der Waals surface area contributed by atoms with Gasteiger partial charge in [-0.2, -0.15) is 11.8 Å². The molecule has 1 amide bonds. The first kappa shape index (κ1) is 34.6. The summed E-state index contributed by atoms with van der Waals surface area (Å²) in [6.07, 6.45) is 4.57. The molecule has 0 aliphatic carbocycles. The number of aryl methyl sites for hydroxylation is 1. The number of nitrogens with one attached hydrogen (secondary N) is 1. The molecule has 0 radical (unpaired) electrons. The van der Waals surface area contributed by atoms with Gasteiger partial charge in [0.15, 0.2) is 0 Å². The summed E-state index contributed by atoms with van der Waals surface area (Å²) >= 11 is 1.50. The summed E-state index contributed by atoms with van der Waals surface area (Å²) < 4.78 is 27.6. The van der Waals surface area contributed by atoms with Crippen molar-refractivity contribution in [2.24, 2.45) is 0 Å². The predicted octanol–water partition coefficient (Wildman–Crippen LogP) is 2.39. The Morgan fingerprint density at radius 1 is 1.02 bits per heavy atom. The number of carbonyl (C=O) groups excluding carboxylic acids is 2. The number of hydrogen-bond donors (Lipinski definition) is 1. The number of carboxylic acid groups (broad SMARTS) is 1. The van der Waals surface area contributed by atoms with E-state index in [4.69, 9.17) is 0 Å². The van der Waals surface area contributed by atoms with E-state index in [0.29, 0.717) is 36.4 Å². The van der Waals surface area contributed by atoms with E-state index in [9.17, 15) is 23.5 Å². The topological polar surface area (TPSA) is 72.5 Å². The van der Waals surface area contributed by atoms with Crippen LogP contribution in [0.2, 0.25) is 0 Å². The maximum atomic E-state index is 14.2. The monoisotopic (exact) mass is 574 g/mol. The number of nitrogens with zero attached hydrogens (tertiary/aromatic N) is 1. The Bertz CT molecular complexity index is 1310. The summed E-state index contributed by atoms with van der Waals surface area (Å²) in [5.74, 6) is -2.32. The Labute approximate surface area is 258 Å². The van der Waals surface area contributed by atoms with Crippen LogP contribution < -0.4 is 29.3 Å². The molecular weight excluding hydrogens is 537 g/mol. The molecule has 0 aromatic heterocycles. The number of carboxylic acids is 1. The van der Waals surface area contributed by atoms with E-state index in [0.717, 1.165) is 47.7 Å². The molecule has 0 saturated carbocycles. The summed E-state index contributed by atoms with van der Waals surface area (Å²) in [5.41, 5.74) is 4.43. The zero-order chi connectivity index (χ0) is 29.1. The molecule has 9 heteroatoms. The molecule has 0 heterocycles. The second-order valence-corrected chi connectivity index (χ2v) is 10.9. The molecule has 0 aliphatic heterocycles. The number of carbonyl (C=O) groups is 2. The van der Waals surface area contributed by atoms with Crippen molar-refractivity contribution in [3.63, 3.8) is 0 Å². The average molecular weight is 575 g/mol. The molecule has 0 spiro atoms. The van der Waals surface area contributed by atoms with E-state index >= 15 is 0 Å². The van der Waals surface area contributed by atoms with Gasteiger partial charge in [-0.15, -0.1) is 0 Å². The van der Waals surface area contributed by atoms with Gasteiger partial charge in [0, 0.05) is 24.7 Å². The van der Waals surface area contributed by atoms with Gasteiger partial charge in [-0.05, 0) is 90.8 Å². The number of halogens is 2. The minimum absolute atomic E-state index is 0. The number of unbranched alkanes of at least 4 members (excludes halogenated alkanes) is 1. The Kier molecular flexibility index (Phi) is 14.6. The summed E-state index contributed by atoms with van der Waals surface area (Å²) in [4.78, 5) is 27.2. The molecule has 5 nitrogen and oxygen atoms in total. The van der Waals surface area contributed by atoms with Gasteiger partial charge in [0.25, 0.3) is 5.91 Å². The van der Waals surface area contributed by atoms with Gasteiger partial charge in [-0.3, -0.25) is 9.69 Å². The molecule has 3 aromatic rings. The molecule has 1 unspecified atom stereocenters. The Balaban J connectivity index is 0.00000588. The Morgan fingerprint density at radius 2 is 1.78 bits per heavy atom. The van der Waals surface area contributed by atoms with E-state index < -0.39 is 29.6 Å². The van der Waals surface area contributed by atoms with Gasteiger partial charge in [0.1, 0.15) is 11.6 Å². The van der Waals surface area contributed by atoms with E-state index in [1.165, 1.54) is 23.9 Å². The molecule has 3 rings (SSSR count). The van der Waals surface area contributed by atoms with Crippen molar-refractivity contribution >= 4 is 23.6 Å². The SMILES string of the molecule is CCCCN(CCc1ccc(F)cc1F)Cc1ccc(C(=O)NC(CCSC)C(=O)[O-])c(-c2ccccc2C)c1.[Li+]. The molecule has 214 valence electrons. The van der Waals surface area contributed by atoms with Crippen molar-refractivity contribution in [3.05, 3.63) is 94.6 Å². The number of aliphatic carboxylic acids is 1. The third-order valence-electron chi connectivity index (χ3n) is 6.91. The van der Waals surface area contributed by atoms with Crippen molar-refractivity contribution < 1.29 is 42.3 Å². The molecule has 1 atom stereocenters. The van der Waals surface area contributed by atoms with Crippen molar-refractivity contribution in [1.82, 2.24) is 10.2 Å². The maximum Gasteiger partial charge on any atom is 1.00 e. The van der Waals surface area contributed by atoms with Gasteiger partial charge in [-0.1, -0.05) is 49.7 Å². The minimum atomic E-state index is -1.30. The fourth-order valence-corrected chi connectivity index (χ4v) is 5.09. The molecular formula is C32H37F2LiN2O3S. The summed E-state index contributed by atoms with van der Waals surface area (Å²) in [7, 11) is 0. The fraction of sp³-hybridized carbons (Fsp3) is 0.375. The number of rotatable bonds is 15. The first-order chi connectivity index (χ1) is 19.2. The zero-order valence-corrected chi connectivity index (χ0v) is 25.2. The van der Waals surface area contributed by atoms with Crippen LogP contribution in [0.4, 0.5) is 8.78 Å². The van der Waals surface area contributed by atoms with Crippen LogP contribution in [0.3, 0.4) is 0 Å². The van der Waals surface area contributed by atoms with Crippen LogP contribution >= 0.6 is 11.8 Å². The Hall–Kier alpha value is -2.63. The van der Waals surface area contributed by atoms with Gasteiger partial charge >= 0.3 is 18.9 Å². The molecule has 0 aliphatic rings. The van der Waals surface area contributed by atoms with Gasteiger partial charge in [-0.25, -0.2) is 8.78 Å². The van der Waals surface area contributed by atoms with Crippen LogP contribution in [-0.4, -0.2) is 47.9 Å². The molecule has 0 saturated heterocycles. The molecule has 0 fully saturated rings. The van der Waals surface area contributed by atoms with Crippen LogP contribution in [0.1, 0.15) is 53.2 Å². The molecule has 41 heavy (non-hydrogen) atoms. The van der Waals surface area contributed by atoms with Crippen molar-refractivity contribution in [3.8, 4) is 11.1 Å². The molecule has 0 bridgehead atoms. The first-order valence-electron chi connectivity index (χ1n) is 13.6. The van der Waals surface area contributed by atoms with Crippen LogP contribution in [-0.2, 0) is 17.8 Å². The molecule has 1 N–H and O–H groups in total. The third-order valence-corrected chi connectivity index (χ3v) is 7.55. The van der Waals surface area contributed by atoms with Crippen molar-refractivity contribution in [2.45, 2.75) is 52.1 Å². The van der Waals surface area contributed by atoms with E-state index in [2.05, 4.69) is 17.1 Å². The average Bonchev–Trinajstić information content (AvgIpc) is 2.93. The summed E-state index contributed by atoms with van der Waals surface area (Å²) in [5, 5.41) is 14.3. The zero-order valence-electron chi connectivity index (χ0n) is 24.3. The second kappa shape index (κ2) is 17.4. The summed E-state index contributed by atoms with van der Waals surface area (Å²) in [6.45, 7) is 6.06. The molecule has 3 aromatic carbocycles.